The zero-order chi connectivity index (χ0) is 9.80. The van der Waals surface area contributed by atoms with Crippen LogP contribution in [0.15, 0.2) is 12.1 Å². The maximum absolute atomic E-state index is 5.61. The van der Waals surface area contributed by atoms with Gasteiger partial charge in [0.25, 0.3) is 0 Å². The molecule has 0 aliphatic heterocycles. The fraction of sp³-hybridized carbons (Fsp3) is 0.556. The third kappa shape index (κ3) is 3.12. The molecule has 5 heteroatoms. The Hall–Kier alpha value is -0.870. The first-order valence-corrected chi connectivity index (χ1v) is 5.19. The number of rotatable bonds is 5. The minimum Gasteiger partial charge on any atom is -0.367 e. The lowest BCUT2D eigenvalue weighted by molar-refractivity contribution is 0.700. The first-order chi connectivity index (χ1) is 6.84. The highest BCUT2D eigenvalue weighted by Gasteiger charge is 2.19. The largest absolute Gasteiger partial charge is 0.367 e. The molecule has 76 valence electrons. The van der Waals surface area contributed by atoms with E-state index >= 15 is 0 Å². The zero-order valence-corrected chi connectivity index (χ0v) is 8.59. The van der Waals surface area contributed by atoms with E-state index in [0.29, 0.717) is 5.15 Å². The van der Waals surface area contributed by atoms with Crippen LogP contribution in [0.4, 0.5) is 5.82 Å². The molecule has 4 nitrogen and oxygen atoms in total. The first-order valence-electron chi connectivity index (χ1n) is 4.81. The van der Waals surface area contributed by atoms with Crippen molar-refractivity contribution in [3.8, 4) is 0 Å². The molecule has 1 saturated carbocycles. The van der Waals surface area contributed by atoms with Gasteiger partial charge in [0.15, 0.2) is 5.15 Å². The van der Waals surface area contributed by atoms with Gasteiger partial charge in [-0.25, -0.2) is 0 Å². The van der Waals surface area contributed by atoms with Crippen LogP contribution >= 0.6 is 11.6 Å². The van der Waals surface area contributed by atoms with Crippen molar-refractivity contribution in [2.75, 3.05) is 18.4 Å². The average molecular weight is 213 g/mol. The Kier molecular flexibility index (Phi) is 3.16. The van der Waals surface area contributed by atoms with Crippen molar-refractivity contribution in [1.82, 2.24) is 15.5 Å². The van der Waals surface area contributed by atoms with Crippen LogP contribution in [0.1, 0.15) is 12.8 Å². The van der Waals surface area contributed by atoms with E-state index in [-0.39, 0.29) is 0 Å². The Labute approximate surface area is 88.1 Å². The highest BCUT2D eigenvalue weighted by atomic mass is 35.5. The van der Waals surface area contributed by atoms with Crippen molar-refractivity contribution >= 4 is 17.4 Å². The van der Waals surface area contributed by atoms with Gasteiger partial charge in [-0.05, 0) is 25.0 Å². The molecule has 0 spiro atoms. The lowest BCUT2D eigenvalue weighted by Gasteiger charge is -2.05. The van der Waals surface area contributed by atoms with Gasteiger partial charge in [-0.3, -0.25) is 0 Å². The van der Waals surface area contributed by atoms with Gasteiger partial charge >= 0.3 is 0 Å². The second kappa shape index (κ2) is 4.57. The predicted octanol–water partition coefficient (Wildman–Crippen LogP) is 1.29. The fourth-order valence-electron chi connectivity index (χ4n) is 1.16. The van der Waals surface area contributed by atoms with Crippen LogP contribution in [0.3, 0.4) is 0 Å². The third-order valence-electron chi connectivity index (χ3n) is 2.07. The van der Waals surface area contributed by atoms with Crippen molar-refractivity contribution < 1.29 is 0 Å². The van der Waals surface area contributed by atoms with Gasteiger partial charge in [0.05, 0.1) is 0 Å². The summed E-state index contributed by atoms with van der Waals surface area (Å²) in [5.41, 5.74) is 0. The molecule has 1 fully saturated rings. The Morgan fingerprint density at radius 1 is 1.29 bits per heavy atom. The first kappa shape index (κ1) is 9.68. The lowest BCUT2D eigenvalue weighted by Crippen LogP contribution is -2.24. The number of anilines is 1. The minimum absolute atomic E-state index is 0.423. The van der Waals surface area contributed by atoms with E-state index in [1.165, 1.54) is 12.8 Å². The van der Waals surface area contributed by atoms with E-state index in [9.17, 15) is 0 Å². The van der Waals surface area contributed by atoms with Crippen LogP contribution in [0, 0.1) is 0 Å². The van der Waals surface area contributed by atoms with Crippen molar-refractivity contribution in [3.63, 3.8) is 0 Å². The van der Waals surface area contributed by atoms with Crippen LogP contribution in [0.2, 0.25) is 5.15 Å². The molecule has 1 aromatic rings. The quantitative estimate of drug-likeness (QED) is 0.723. The van der Waals surface area contributed by atoms with Gasteiger partial charge in [-0.15, -0.1) is 10.2 Å². The van der Waals surface area contributed by atoms with Crippen molar-refractivity contribution in [3.05, 3.63) is 17.3 Å². The molecule has 2 N–H and O–H groups in total. The van der Waals surface area contributed by atoms with E-state index in [1.807, 2.05) is 6.07 Å². The molecule has 0 atom stereocenters. The van der Waals surface area contributed by atoms with Crippen LogP contribution in [0.25, 0.3) is 0 Å². The Bertz CT molecular complexity index is 283. The van der Waals surface area contributed by atoms with Gasteiger partial charge < -0.3 is 10.6 Å². The molecule has 0 aromatic carbocycles. The second-order valence-corrected chi connectivity index (χ2v) is 3.78. The highest BCUT2D eigenvalue weighted by Crippen LogP contribution is 2.17. The zero-order valence-electron chi connectivity index (χ0n) is 7.83. The lowest BCUT2D eigenvalue weighted by atomic mass is 10.5. The van der Waals surface area contributed by atoms with Crippen molar-refractivity contribution in [1.29, 1.82) is 0 Å². The molecule has 1 aliphatic carbocycles. The molecule has 0 amide bonds. The smallest absolute Gasteiger partial charge is 0.151 e. The molecule has 0 unspecified atom stereocenters. The summed E-state index contributed by atoms with van der Waals surface area (Å²) in [5.74, 6) is 0.770. The van der Waals surface area contributed by atoms with Crippen LogP contribution in [-0.4, -0.2) is 29.3 Å². The number of hydrogen-bond donors (Lipinski definition) is 2. The van der Waals surface area contributed by atoms with Crippen molar-refractivity contribution in [2.45, 2.75) is 18.9 Å². The molecule has 14 heavy (non-hydrogen) atoms. The summed E-state index contributed by atoms with van der Waals surface area (Å²) < 4.78 is 0. The molecule has 2 rings (SSSR count). The summed E-state index contributed by atoms with van der Waals surface area (Å²) in [6, 6.07) is 4.31. The molecule has 1 aromatic heterocycles. The summed E-state index contributed by atoms with van der Waals surface area (Å²) in [7, 11) is 0. The topological polar surface area (TPSA) is 49.8 Å². The van der Waals surface area contributed by atoms with Gasteiger partial charge in [-0.2, -0.15) is 0 Å². The van der Waals surface area contributed by atoms with Crippen molar-refractivity contribution in [2.24, 2.45) is 0 Å². The SMILES string of the molecule is Clc1ccc(NCCNC2CC2)nn1. The number of halogens is 1. The summed E-state index contributed by atoms with van der Waals surface area (Å²) >= 11 is 5.61. The van der Waals surface area contributed by atoms with Gasteiger partial charge in [-0.1, -0.05) is 11.6 Å². The second-order valence-electron chi connectivity index (χ2n) is 3.40. The van der Waals surface area contributed by atoms with E-state index in [4.69, 9.17) is 11.6 Å². The molecular formula is C9H13ClN4. The fourth-order valence-corrected chi connectivity index (χ4v) is 1.27. The third-order valence-corrected chi connectivity index (χ3v) is 2.28. The molecule has 0 bridgehead atoms. The Morgan fingerprint density at radius 2 is 2.14 bits per heavy atom. The summed E-state index contributed by atoms with van der Waals surface area (Å²) in [4.78, 5) is 0. The minimum atomic E-state index is 0.423. The molecular weight excluding hydrogens is 200 g/mol. The van der Waals surface area contributed by atoms with Crippen LogP contribution in [-0.2, 0) is 0 Å². The van der Waals surface area contributed by atoms with Gasteiger partial charge in [0.1, 0.15) is 5.82 Å². The van der Waals surface area contributed by atoms with E-state index in [0.717, 1.165) is 24.9 Å². The monoisotopic (exact) mass is 212 g/mol. The van der Waals surface area contributed by atoms with E-state index in [1.54, 1.807) is 6.07 Å². The Balaban J connectivity index is 1.66. The van der Waals surface area contributed by atoms with E-state index in [2.05, 4.69) is 20.8 Å². The maximum atomic E-state index is 5.61. The standard InChI is InChI=1S/C9H13ClN4/c10-8-3-4-9(14-13-8)12-6-5-11-7-1-2-7/h3-4,7,11H,1-2,5-6H2,(H,12,14). The maximum Gasteiger partial charge on any atom is 0.151 e. The van der Waals surface area contributed by atoms with Crippen LogP contribution in [0.5, 0.6) is 0 Å². The predicted molar refractivity (Wildman–Crippen MR) is 56.6 cm³/mol. The number of aromatic nitrogens is 2. The van der Waals surface area contributed by atoms with E-state index < -0.39 is 0 Å². The number of hydrogen-bond acceptors (Lipinski definition) is 4. The number of nitrogens with one attached hydrogen (secondary N) is 2. The molecule has 1 heterocycles. The summed E-state index contributed by atoms with van der Waals surface area (Å²) in [6.07, 6.45) is 2.64. The molecule has 0 saturated heterocycles. The molecule has 1 aliphatic rings. The average Bonchev–Trinajstić information content (AvgIpc) is 2.99. The number of nitrogens with zero attached hydrogens (tertiary/aromatic N) is 2. The summed E-state index contributed by atoms with van der Waals surface area (Å²) in [5, 5.41) is 14.6. The van der Waals surface area contributed by atoms with Crippen LogP contribution < -0.4 is 10.6 Å². The molecule has 0 radical (unpaired) electrons. The summed E-state index contributed by atoms with van der Waals surface area (Å²) in [6.45, 7) is 1.84. The normalized spacial score (nSPS) is 15.5. The van der Waals surface area contributed by atoms with Gasteiger partial charge in [0.2, 0.25) is 0 Å². The Morgan fingerprint density at radius 3 is 2.79 bits per heavy atom. The highest BCUT2D eigenvalue weighted by molar-refractivity contribution is 6.29. The van der Waals surface area contributed by atoms with Gasteiger partial charge in [0, 0.05) is 19.1 Å².